The molecule has 7 heteroatoms. The molecule has 2 aromatic rings. The largest absolute Gasteiger partial charge is 0.480 e. The number of rotatable bonds is 10. The zero-order valence-corrected chi connectivity index (χ0v) is 21.2. The molecular formula is C28H36N2O5. The molecule has 1 unspecified atom stereocenters. The van der Waals surface area contributed by atoms with Crippen molar-refractivity contribution < 1.29 is 24.2 Å². The summed E-state index contributed by atoms with van der Waals surface area (Å²) in [6.45, 7) is 8.97. The van der Waals surface area contributed by atoms with Gasteiger partial charge in [-0.1, -0.05) is 68.3 Å². The molecule has 7 nitrogen and oxygen atoms in total. The van der Waals surface area contributed by atoms with E-state index < -0.39 is 35.0 Å². The number of carbonyl (C=O) groups is 3. The van der Waals surface area contributed by atoms with Crippen molar-refractivity contribution in [2.24, 2.45) is 5.41 Å². The SMILES string of the molecule is CCCCC(NC(=O)C(C)(C)C(C)(C)NC(=O)OCC1c2ccccc2-c2ccccc21)C(=O)O. The van der Waals surface area contributed by atoms with Gasteiger partial charge in [0.1, 0.15) is 12.6 Å². The Kier molecular flexibility index (Phi) is 7.88. The number of hydrogen-bond acceptors (Lipinski definition) is 4. The lowest BCUT2D eigenvalue weighted by molar-refractivity contribution is -0.144. The predicted octanol–water partition coefficient (Wildman–Crippen LogP) is 5.09. The fourth-order valence-corrected chi connectivity index (χ4v) is 4.33. The van der Waals surface area contributed by atoms with Crippen LogP contribution in [0, 0.1) is 5.41 Å². The second-order valence-corrected chi connectivity index (χ2v) is 10.2. The van der Waals surface area contributed by atoms with E-state index in [1.54, 1.807) is 27.7 Å². The molecule has 3 rings (SSSR count). The maximum Gasteiger partial charge on any atom is 0.407 e. The van der Waals surface area contributed by atoms with Gasteiger partial charge in [0, 0.05) is 5.92 Å². The van der Waals surface area contributed by atoms with Crippen molar-refractivity contribution in [2.45, 2.75) is 71.4 Å². The molecule has 0 heterocycles. The number of benzene rings is 2. The number of carboxylic acids is 1. The summed E-state index contributed by atoms with van der Waals surface area (Å²) in [6.07, 6.45) is 1.25. The summed E-state index contributed by atoms with van der Waals surface area (Å²) in [5.74, 6) is -1.57. The molecule has 1 atom stereocenters. The Labute approximate surface area is 207 Å². The fraction of sp³-hybridized carbons (Fsp3) is 0.464. The molecule has 188 valence electrons. The van der Waals surface area contributed by atoms with Gasteiger partial charge in [0.15, 0.2) is 0 Å². The average Bonchev–Trinajstić information content (AvgIpc) is 3.13. The number of alkyl carbamates (subject to hydrolysis) is 1. The molecule has 3 N–H and O–H groups in total. The third kappa shape index (κ3) is 5.50. The Bertz CT molecular complexity index is 1050. The molecule has 0 radical (unpaired) electrons. The summed E-state index contributed by atoms with van der Waals surface area (Å²) in [7, 11) is 0. The van der Waals surface area contributed by atoms with Crippen molar-refractivity contribution in [1.29, 1.82) is 0 Å². The van der Waals surface area contributed by atoms with Crippen LogP contribution in [-0.4, -0.2) is 41.3 Å². The fourth-order valence-electron chi connectivity index (χ4n) is 4.33. The van der Waals surface area contributed by atoms with E-state index in [0.717, 1.165) is 28.7 Å². The first-order valence-corrected chi connectivity index (χ1v) is 12.2. The van der Waals surface area contributed by atoms with Gasteiger partial charge < -0.3 is 20.5 Å². The topological polar surface area (TPSA) is 105 Å². The van der Waals surface area contributed by atoms with E-state index >= 15 is 0 Å². The molecule has 35 heavy (non-hydrogen) atoms. The number of carboxylic acid groups (broad SMARTS) is 1. The Morgan fingerprint density at radius 3 is 2.03 bits per heavy atom. The highest BCUT2D eigenvalue weighted by molar-refractivity contribution is 5.88. The van der Waals surface area contributed by atoms with E-state index in [1.807, 2.05) is 31.2 Å². The Morgan fingerprint density at radius 1 is 0.971 bits per heavy atom. The number of hydrogen-bond donors (Lipinski definition) is 3. The Balaban J connectivity index is 1.66. The minimum atomic E-state index is -1.10. The highest BCUT2D eigenvalue weighted by Crippen LogP contribution is 2.44. The van der Waals surface area contributed by atoms with Crippen LogP contribution < -0.4 is 10.6 Å². The van der Waals surface area contributed by atoms with Gasteiger partial charge in [0.2, 0.25) is 5.91 Å². The minimum absolute atomic E-state index is 0.0672. The summed E-state index contributed by atoms with van der Waals surface area (Å²) in [5.41, 5.74) is 2.42. The van der Waals surface area contributed by atoms with Gasteiger partial charge >= 0.3 is 12.1 Å². The lowest BCUT2D eigenvalue weighted by Crippen LogP contribution is -2.61. The predicted molar refractivity (Wildman–Crippen MR) is 135 cm³/mol. The summed E-state index contributed by atoms with van der Waals surface area (Å²) < 4.78 is 5.65. The van der Waals surface area contributed by atoms with E-state index in [-0.39, 0.29) is 12.5 Å². The summed E-state index contributed by atoms with van der Waals surface area (Å²) >= 11 is 0. The number of fused-ring (bicyclic) bond motifs is 3. The van der Waals surface area contributed by atoms with Crippen molar-refractivity contribution in [3.8, 4) is 11.1 Å². The zero-order valence-electron chi connectivity index (χ0n) is 21.2. The van der Waals surface area contributed by atoms with Crippen LogP contribution in [0.1, 0.15) is 70.9 Å². The second kappa shape index (κ2) is 10.5. The highest BCUT2D eigenvalue weighted by atomic mass is 16.5. The molecule has 2 aromatic carbocycles. The van der Waals surface area contributed by atoms with Gasteiger partial charge in [-0.2, -0.15) is 0 Å². The molecule has 0 aliphatic heterocycles. The third-order valence-electron chi connectivity index (χ3n) is 7.34. The minimum Gasteiger partial charge on any atom is -0.480 e. The number of ether oxygens (including phenoxy) is 1. The molecule has 2 amide bonds. The van der Waals surface area contributed by atoms with E-state index in [1.165, 1.54) is 0 Å². The van der Waals surface area contributed by atoms with Crippen LogP contribution in [0.4, 0.5) is 4.79 Å². The highest BCUT2D eigenvalue weighted by Gasteiger charge is 2.45. The molecule has 0 saturated carbocycles. The van der Waals surface area contributed by atoms with E-state index in [2.05, 4.69) is 34.9 Å². The van der Waals surface area contributed by atoms with Crippen LogP contribution >= 0.6 is 0 Å². The van der Waals surface area contributed by atoms with Crippen LogP contribution in [0.5, 0.6) is 0 Å². The lowest BCUT2D eigenvalue weighted by atomic mass is 9.73. The maximum atomic E-state index is 13.0. The standard InChI is InChI=1S/C28H36N2O5/c1-6-7-16-23(24(31)32)29-25(33)27(2,3)28(4,5)30-26(34)35-17-22-20-14-10-8-12-18(20)19-13-9-11-15-21(19)22/h8-15,22-23H,6-7,16-17H2,1-5H3,(H,29,33)(H,30,34)(H,31,32). The number of amides is 2. The quantitative estimate of drug-likeness (QED) is 0.439. The molecule has 1 aliphatic rings. The molecule has 0 saturated heterocycles. The van der Waals surface area contributed by atoms with Crippen molar-refractivity contribution >= 4 is 18.0 Å². The Morgan fingerprint density at radius 2 is 1.51 bits per heavy atom. The maximum absolute atomic E-state index is 13.0. The number of aliphatic carboxylic acids is 1. The van der Waals surface area contributed by atoms with Crippen molar-refractivity contribution in [3.05, 3.63) is 59.7 Å². The molecule has 0 fully saturated rings. The molecule has 0 aromatic heterocycles. The van der Waals surface area contributed by atoms with Crippen LogP contribution in [0.2, 0.25) is 0 Å². The lowest BCUT2D eigenvalue weighted by Gasteiger charge is -2.41. The first-order chi connectivity index (χ1) is 16.5. The summed E-state index contributed by atoms with van der Waals surface area (Å²) in [5, 5.41) is 14.9. The Hall–Kier alpha value is -3.35. The van der Waals surface area contributed by atoms with Crippen LogP contribution in [0.25, 0.3) is 11.1 Å². The van der Waals surface area contributed by atoms with Crippen LogP contribution in [0.3, 0.4) is 0 Å². The van der Waals surface area contributed by atoms with Gasteiger partial charge in [0.25, 0.3) is 0 Å². The smallest absolute Gasteiger partial charge is 0.407 e. The number of unbranched alkanes of at least 4 members (excludes halogenated alkanes) is 1. The van der Waals surface area contributed by atoms with E-state index in [0.29, 0.717) is 12.8 Å². The number of carbonyl (C=O) groups excluding carboxylic acids is 2. The van der Waals surface area contributed by atoms with E-state index in [9.17, 15) is 19.5 Å². The van der Waals surface area contributed by atoms with Gasteiger partial charge in [-0.3, -0.25) is 4.79 Å². The first kappa shape index (κ1) is 26.3. The number of nitrogens with one attached hydrogen (secondary N) is 2. The van der Waals surface area contributed by atoms with Gasteiger partial charge in [-0.05, 0) is 56.4 Å². The second-order valence-electron chi connectivity index (χ2n) is 10.2. The third-order valence-corrected chi connectivity index (χ3v) is 7.34. The molecule has 0 spiro atoms. The first-order valence-electron chi connectivity index (χ1n) is 12.2. The molecular weight excluding hydrogens is 444 g/mol. The van der Waals surface area contributed by atoms with Gasteiger partial charge in [-0.15, -0.1) is 0 Å². The monoisotopic (exact) mass is 480 g/mol. The zero-order chi connectivity index (χ0) is 25.8. The van der Waals surface area contributed by atoms with E-state index in [4.69, 9.17) is 4.74 Å². The molecule has 1 aliphatic carbocycles. The van der Waals surface area contributed by atoms with Crippen molar-refractivity contribution in [3.63, 3.8) is 0 Å². The van der Waals surface area contributed by atoms with Crippen molar-refractivity contribution in [1.82, 2.24) is 10.6 Å². The van der Waals surface area contributed by atoms with Gasteiger partial charge in [-0.25, -0.2) is 9.59 Å². The molecule has 0 bridgehead atoms. The van der Waals surface area contributed by atoms with Crippen molar-refractivity contribution in [2.75, 3.05) is 6.61 Å². The average molecular weight is 481 g/mol. The normalized spacial score (nSPS) is 14.0. The van der Waals surface area contributed by atoms with Crippen LogP contribution in [0.15, 0.2) is 48.5 Å². The summed E-state index contributed by atoms with van der Waals surface area (Å²) in [4.78, 5) is 37.4. The van der Waals surface area contributed by atoms with Crippen LogP contribution in [-0.2, 0) is 14.3 Å². The summed E-state index contributed by atoms with van der Waals surface area (Å²) in [6, 6.07) is 15.2. The van der Waals surface area contributed by atoms with Gasteiger partial charge in [0.05, 0.1) is 11.0 Å².